The average molecular weight is 202 g/mol. The molecule has 1 unspecified atom stereocenters. The second-order valence-electron chi connectivity index (χ2n) is 3.70. The van der Waals surface area contributed by atoms with Gasteiger partial charge in [0, 0.05) is 20.0 Å². The molecule has 84 valence electrons. The van der Waals surface area contributed by atoms with Gasteiger partial charge in [0.25, 0.3) is 0 Å². The highest BCUT2D eigenvalue weighted by atomic mass is 16.3. The zero-order chi connectivity index (χ0) is 11.0. The van der Waals surface area contributed by atoms with E-state index in [0.717, 1.165) is 12.8 Å². The summed E-state index contributed by atoms with van der Waals surface area (Å²) in [6, 6.07) is 0. The van der Waals surface area contributed by atoms with Gasteiger partial charge in [-0.1, -0.05) is 0 Å². The van der Waals surface area contributed by atoms with E-state index in [0.29, 0.717) is 25.9 Å². The van der Waals surface area contributed by atoms with E-state index < -0.39 is 0 Å². The molecule has 0 aromatic carbocycles. The van der Waals surface area contributed by atoms with Gasteiger partial charge in [-0.2, -0.15) is 0 Å². The number of hydrogen-bond donors (Lipinski definition) is 2. The molecule has 1 atom stereocenters. The highest BCUT2D eigenvalue weighted by Gasteiger charge is 2.08. The molecular formula is C10H22N2O2. The Labute approximate surface area is 86.1 Å². The summed E-state index contributed by atoms with van der Waals surface area (Å²) < 4.78 is 0. The summed E-state index contributed by atoms with van der Waals surface area (Å²) in [6.45, 7) is 3.00. The summed E-state index contributed by atoms with van der Waals surface area (Å²) in [7, 11) is 1.77. The molecule has 14 heavy (non-hydrogen) atoms. The first-order valence-electron chi connectivity index (χ1n) is 5.20. The van der Waals surface area contributed by atoms with E-state index >= 15 is 0 Å². The largest absolute Gasteiger partial charge is 0.393 e. The second kappa shape index (κ2) is 7.76. The molecule has 0 aliphatic carbocycles. The number of nitrogens with two attached hydrogens (primary N) is 1. The number of rotatable bonds is 7. The Balaban J connectivity index is 3.54. The molecular weight excluding hydrogens is 180 g/mol. The van der Waals surface area contributed by atoms with Crippen LogP contribution in [-0.4, -0.2) is 42.2 Å². The molecule has 0 radical (unpaired) electrons. The molecule has 0 aliphatic rings. The smallest absolute Gasteiger partial charge is 0.222 e. The van der Waals surface area contributed by atoms with Crippen LogP contribution in [0, 0.1) is 0 Å². The Kier molecular flexibility index (Phi) is 7.42. The van der Waals surface area contributed by atoms with Gasteiger partial charge in [0.05, 0.1) is 6.10 Å². The number of amides is 1. The van der Waals surface area contributed by atoms with Crippen LogP contribution in [0.5, 0.6) is 0 Å². The van der Waals surface area contributed by atoms with E-state index in [2.05, 4.69) is 0 Å². The number of unbranched alkanes of at least 4 members (excludes halogenated alkanes) is 1. The van der Waals surface area contributed by atoms with Crippen molar-refractivity contribution in [2.24, 2.45) is 5.73 Å². The molecule has 0 rings (SSSR count). The lowest BCUT2D eigenvalue weighted by atomic mass is 10.2. The van der Waals surface area contributed by atoms with E-state index in [1.807, 2.05) is 0 Å². The van der Waals surface area contributed by atoms with Crippen molar-refractivity contribution in [2.75, 3.05) is 20.1 Å². The molecule has 1 amide bonds. The van der Waals surface area contributed by atoms with Gasteiger partial charge in [-0.15, -0.1) is 0 Å². The Morgan fingerprint density at radius 3 is 2.64 bits per heavy atom. The number of carbonyl (C=O) groups excluding carboxylic acids is 1. The third-order valence-corrected chi connectivity index (χ3v) is 2.15. The minimum atomic E-state index is -0.339. The minimum Gasteiger partial charge on any atom is -0.393 e. The summed E-state index contributed by atoms with van der Waals surface area (Å²) in [5.41, 5.74) is 5.33. The lowest BCUT2D eigenvalue weighted by Crippen LogP contribution is -2.29. The van der Waals surface area contributed by atoms with Crippen molar-refractivity contribution in [3.05, 3.63) is 0 Å². The van der Waals surface area contributed by atoms with Crippen LogP contribution < -0.4 is 5.73 Å². The lowest BCUT2D eigenvalue weighted by Gasteiger charge is -2.17. The number of hydrogen-bond acceptors (Lipinski definition) is 3. The van der Waals surface area contributed by atoms with Crippen molar-refractivity contribution in [2.45, 2.75) is 38.7 Å². The van der Waals surface area contributed by atoms with Gasteiger partial charge >= 0.3 is 0 Å². The summed E-state index contributed by atoms with van der Waals surface area (Å²) in [5, 5.41) is 9.04. The number of nitrogens with zero attached hydrogens (tertiary/aromatic N) is 1. The normalized spacial score (nSPS) is 12.6. The van der Waals surface area contributed by atoms with Gasteiger partial charge < -0.3 is 15.7 Å². The molecule has 3 N–H and O–H groups in total. The molecule has 0 saturated carbocycles. The fourth-order valence-electron chi connectivity index (χ4n) is 1.12. The third-order valence-electron chi connectivity index (χ3n) is 2.15. The predicted octanol–water partition coefficient (Wildman–Crippen LogP) is 0.345. The maximum Gasteiger partial charge on any atom is 0.222 e. The van der Waals surface area contributed by atoms with Gasteiger partial charge in [-0.3, -0.25) is 4.79 Å². The highest BCUT2D eigenvalue weighted by molar-refractivity contribution is 5.75. The highest BCUT2D eigenvalue weighted by Crippen LogP contribution is 2.00. The van der Waals surface area contributed by atoms with Crippen molar-refractivity contribution in [3.63, 3.8) is 0 Å². The molecule has 0 spiro atoms. The summed E-state index contributed by atoms with van der Waals surface area (Å²) >= 11 is 0. The van der Waals surface area contributed by atoms with Gasteiger partial charge in [-0.05, 0) is 32.7 Å². The Morgan fingerprint density at radius 1 is 1.50 bits per heavy atom. The van der Waals surface area contributed by atoms with Crippen LogP contribution in [0.4, 0.5) is 0 Å². The summed E-state index contributed by atoms with van der Waals surface area (Å²) in [6.07, 6.45) is 2.62. The van der Waals surface area contributed by atoms with Gasteiger partial charge in [0.2, 0.25) is 5.91 Å². The van der Waals surface area contributed by atoms with Gasteiger partial charge in [-0.25, -0.2) is 0 Å². The van der Waals surface area contributed by atoms with Crippen molar-refractivity contribution < 1.29 is 9.90 Å². The Morgan fingerprint density at radius 2 is 2.14 bits per heavy atom. The van der Waals surface area contributed by atoms with Crippen molar-refractivity contribution >= 4 is 5.91 Å². The predicted molar refractivity (Wildman–Crippen MR) is 56.8 cm³/mol. The van der Waals surface area contributed by atoms with Crippen molar-refractivity contribution in [1.82, 2.24) is 4.90 Å². The van der Waals surface area contributed by atoms with E-state index in [1.54, 1.807) is 18.9 Å². The van der Waals surface area contributed by atoms with Crippen LogP contribution in [0.25, 0.3) is 0 Å². The summed E-state index contributed by atoms with van der Waals surface area (Å²) in [5.74, 6) is 0.138. The van der Waals surface area contributed by atoms with Crippen LogP contribution in [-0.2, 0) is 4.79 Å². The number of aliphatic hydroxyl groups excluding tert-OH is 1. The maximum atomic E-state index is 11.4. The van der Waals surface area contributed by atoms with Crippen LogP contribution in [0.1, 0.15) is 32.6 Å². The Bertz CT molecular complexity index is 160. The zero-order valence-corrected chi connectivity index (χ0v) is 9.20. The first kappa shape index (κ1) is 13.4. The zero-order valence-electron chi connectivity index (χ0n) is 9.20. The van der Waals surface area contributed by atoms with Gasteiger partial charge in [0.15, 0.2) is 0 Å². The molecule has 0 aliphatic heterocycles. The van der Waals surface area contributed by atoms with Crippen LogP contribution in [0.2, 0.25) is 0 Å². The molecule has 4 heteroatoms. The van der Waals surface area contributed by atoms with Crippen molar-refractivity contribution in [3.8, 4) is 0 Å². The molecule has 0 fully saturated rings. The molecule has 0 aromatic rings. The van der Waals surface area contributed by atoms with Crippen LogP contribution in [0.3, 0.4) is 0 Å². The second-order valence-corrected chi connectivity index (χ2v) is 3.70. The molecule has 0 aromatic heterocycles. The quantitative estimate of drug-likeness (QED) is 0.585. The van der Waals surface area contributed by atoms with E-state index in [4.69, 9.17) is 10.8 Å². The fourth-order valence-corrected chi connectivity index (χ4v) is 1.12. The first-order valence-corrected chi connectivity index (χ1v) is 5.20. The van der Waals surface area contributed by atoms with E-state index in [1.165, 1.54) is 0 Å². The monoisotopic (exact) mass is 202 g/mol. The molecule has 0 bridgehead atoms. The SMILES string of the molecule is CC(O)CCN(C)C(=O)CCCCN. The molecule has 0 saturated heterocycles. The average Bonchev–Trinajstić information content (AvgIpc) is 2.14. The third kappa shape index (κ3) is 6.86. The number of aliphatic hydroxyl groups is 1. The van der Waals surface area contributed by atoms with E-state index in [9.17, 15) is 4.79 Å². The maximum absolute atomic E-state index is 11.4. The van der Waals surface area contributed by atoms with Crippen molar-refractivity contribution in [1.29, 1.82) is 0 Å². The van der Waals surface area contributed by atoms with Gasteiger partial charge in [0.1, 0.15) is 0 Å². The molecule has 4 nitrogen and oxygen atoms in total. The van der Waals surface area contributed by atoms with Crippen LogP contribution >= 0.6 is 0 Å². The number of carbonyl (C=O) groups is 1. The minimum absolute atomic E-state index is 0.138. The lowest BCUT2D eigenvalue weighted by molar-refractivity contribution is -0.130. The standard InChI is InChI=1S/C10H22N2O2/c1-9(13)6-8-12(2)10(14)5-3-4-7-11/h9,13H,3-8,11H2,1-2H3. The fraction of sp³-hybridized carbons (Fsp3) is 0.900. The summed E-state index contributed by atoms with van der Waals surface area (Å²) in [4.78, 5) is 13.1. The Hall–Kier alpha value is -0.610. The van der Waals surface area contributed by atoms with Crippen LogP contribution in [0.15, 0.2) is 0 Å². The van der Waals surface area contributed by atoms with E-state index in [-0.39, 0.29) is 12.0 Å². The topological polar surface area (TPSA) is 66.6 Å². The first-order chi connectivity index (χ1) is 6.57. The molecule has 0 heterocycles.